The molecule has 0 aromatic rings. The number of aliphatic imine (C=N–C) groups is 1. The Morgan fingerprint density at radius 2 is 2.07 bits per heavy atom. The second-order valence-electron chi connectivity index (χ2n) is 5.04. The molecule has 1 N–H and O–H groups in total. The van der Waals surface area contributed by atoms with Gasteiger partial charge in [-0.25, -0.2) is 0 Å². The Kier molecular flexibility index (Phi) is 3.09. The van der Waals surface area contributed by atoms with Gasteiger partial charge in [0, 0.05) is 19.0 Å². The monoisotopic (exact) mass is 194 g/mol. The van der Waals surface area contributed by atoms with Crippen molar-refractivity contribution in [1.29, 1.82) is 0 Å². The van der Waals surface area contributed by atoms with Crippen LogP contribution in [0.1, 0.15) is 46.0 Å². The van der Waals surface area contributed by atoms with Gasteiger partial charge >= 0.3 is 0 Å². The SMILES string of the molecule is CC(C)C(NC1=NCCCC1)C1CC1. The van der Waals surface area contributed by atoms with Crippen LogP contribution in [0.4, 0.5) is 0 Å². The summed E-state index contributed by atoms with van der Waals surface area (Å²) in [7, 11) is 0. The molecular formula is C12H22N2. The average molecular weight is 194 g/mol. The van der Waals surface area contributed by atoms with Gasteiger partial charge in [-0.15, -0.1) is 0 Å². The molecule has 0 aromatic carbocycles. The van der Waals surface area contributed by atoms with Gasteiger partial charge in [0.05, 0.1) is 5.84 Å². The van der Waals surface area contributed by atoms with Crippen molar-refractivity contribution in [1.82, 2.24) is 5.32 Å². The molecule has 1 heterocycles. The Morgan fingerprint density at radius 1 is 1.29 bits per heavy atom. The molecule has 0 saturated heterocycles. The smallest absolute Gasteiger partial charge is 0.0965 e. The molecule has 0 aromatic heterocycles. The normalized spacial score (nSPS) is 24.6. The summed E-state index contributed by atoms with van der Waals surface area (Å²) in [5, 5.41) is 3.67. The first-order valence-electron chi connectivity index (χ1n) is 6.07. The molecule has 2 rings (SSSR count). The first kappa shape index (κ1) is 10.0. The lowest BCUT2D eigenvalue weighted by atomic mass is 9.99. The van der Waals surface area contributed by atoms with Crippen molar-refractivity contribution in [3.63, 3.8) is 0 Å². The Bertz CT molecular complexity index is 214. The largest absolute Gasteiger partial charge is 0.371 e. The Morgan fingerprint density at radius 3 is 2.57 bits per heavy atom. The lowest BCUT2D eigenvalue weighted by molar-refractivity contribution is 0.405. The summed E-state index contributed by atoms with van der Waals surface area (Å²) < 4.78 is 0. The summed E-state index contributed by atoms with van der Waals surface area (Å²) in [6, 6.07) is 0.687. The zero-order valence-corrected chi connectivity index (χ0v) is 9.42. The molecule has 0 radical (unpaired) electrons. The molecule has 1 fully saturated rings. The van der Waals surface area contributed by atoms with E-state index < -0.39 is 0 Å². The van der Waals surface area contributed by atoms with Gasteiger partial charge in [-0.05, 0) is 37.5 Å². The van der Waals surface area contributed by atoms with E-state index in [0.717, 1.165) is 18.4 Å². The minimum Gasteiger partial charge on any atom is -0.371 e. The fourth-order valence-electron chi connectivity index (χ4n) is 2.29. The molecule has 2 aliphatic rings. The highest BCUT2D eigenvalue weighted by Crippen LogP contribution is 2.35. The maximum Gasteiger partial charge on any atom is 0.0965 e. The molecule has 80 valence electrons. The molecule has 0 spiro atoms. The van der Waals surface area contributed by atoms with Crippen molar-refractivity contribution in [2.75, 3.05) is 6.54 Å². The number of rotatable bonds is 3. The molecule has 0 bridgehead atoms. The van der Waals surface area contributed by atoms with Crippen molar-refractivity contribution in [2.45, 2.75) is 52.0 Å². The Balaban J connectivity index is 1.89. The van der Waals surface area contributed by atoms with Crippen LogP contribution in [0.15, 0.2) is 4.99 Å². The molecule has 1 saturated carbocycles. The van der Waals surface area contributed by atoms with Crippen molar-refractivity contribution in [3.8, 4) is 0 Å². The first-order chi connectivity index (χ1) is 6.77. The zero-order valence-electron chi connectivity index (χ0n) is 9.42. The molecular weight excluding hydrogens is 172 g/mol. The van der Waals surface area contributed by atoms with Gasteiger partial charge in [0.15, 0.2) is 0 Å². The van der Waals surface area contributed by atoms with Crippen LogP contribution in [0.2, 0.25) is 0 Å². The van der Waals surface area contributed by atoms with E-state index in [4.69, 9.17) is 0 Å². The van der Waals surface area contributed by atoms with Crippen LogP contribution in [0.3, 0.4) is 0 Å². The summed E-state index contributed by atoms with van der Waals surface area (Å²) in [5.41, 5.74) is 0. The number of hydrogen-bond acceptors (Lipinski definition) is 2. The number of hydrogen-bond donors (Lipinski definition) is 1. The summed E-state index contributed by atoms with van der Waals surface area (Å²) in [6.45, 7) is 5.68. The second kappa shape index (κ2) is 4.33. The quantitative estimate of drug-likeness (QED) is 0.733. The van der Waals surface area contributed by atoms with Gasteiger partial charge in [-0.1, -0.05) is 13.8 Å². The summed E-state index contributed by atoms with van der Waals surface area (Å²) in [5.74, 6) is 2.95. The van der Waals surface area contributed by atoms with Gasteiger partial charge in [-0.3, -0.25) is 4.99 Å². The summed E-state index contributed by atoms with van der Waals surface area (Å²) in [4.78, 5) is 4.57. The second-order valence-corrected chi connectivity index (χ2v) is 5.04. The minimum atomic E-state index is 0.687. The van der Waals surface area contributed by atoms with Crippen molar-refractivity contribution in [2.24, 2.45) is 16.8 Å². The molecule has 1 unspecified atom stereocenters. The molecule has 1 aliphatic carbocycles. The van der Waals surface area contributed by atoms with Gasteiger partial charge in [0.1, 0.15) is 0 Å². The molecule has 2 nitrogen and oxygen atoms in total. The standard InChI is InChI=1S/C12H22N2/c1-9(2)12(10-6-7-10)14-11-5-3-4-8-13-11/h9-10,12H,3-8H2,1-2H3,(H,13,14). The molecule has 1 atom stereocenters. The van der Waals surface area contributed by atoms with Crippen LogP contribution >= 0.6 is 0 Å². The maximum atomic E-state index is 4.57. The van der Waals surface area contributed by atoms with E-state index in [0.29, 0.717) is 6.04 Å². The minimum absolute atomic E-state index is 0.687. The van der Waals surface area contributed by atoms with Crippen LogP contribution in [0, 0.1) is 11.8 Å². The van der Waals surface area contributed by atoms with E-state index in [1.54, 1.807) is 0 Å². The van der Waals surface area contributed by atoms with Crippen LogP contribution in [0.25, 0.3) is 0 Å². The van der Waals surface area contributed by atoms with Crippen molar-refractivity contribution >= 4 is 5.84 Å². The van der Waals surface area contributed by atoms with E-state index in [9.17, 15) is 0 Å². The predicted molar refractivity (Wildman–Crippen MR) is 60.6 cm³/mol. The van der Waals surface area contributed by atoms with Gasteiger partial charge in [-0.2, -0.15) is 0 Å². The number of amidine groups is 1. The lowest BCUT2D eigenvalue weighted by Crippen LogP contribution is -2.40. The molecule has 2 heteroatoms. The molecule has 1 aliphatic heterocycles. The third-order valence-electron chi connectivity index (χ3n) is 3.31. The highest BCUT2D eigenvalue weighted by atomic mass is 15.0. The van der Waals surface area contributed by atoms with Crippen molar-refractivity contribution in [3.05, 3.63) is 0 Å². The van der Waals surface area contributed by atoms with Crippen LogP contribution in [0.5, 0.6) is 0 Å². The molecule has 0 amide bonds. The van der Waals surface area contributed by atoms with Crippen LogP contribution in [-0.4, -0.2) is 18.4 Å². The highest BCUT2D eigenvalue weighted by molar-refractivity contribution is 5.83. The van der Waals surface area contributed by atoms with Crippen LogP contribution in [-0.2, 0) is 0 Å². The number of nitrogens with one attached hydrogen (secondary N) is 1. The van der Waals surface area contributed by atoms with Gasteiger partial charge in [0.25, 0.3) is 0 Å². The van der Waals surface area contributed by atoms with Crippen molar-refractivity contribution < 1.29 is 0 Å². The maximum absolute atomic E-state index is 4.57. The first-order valence-corrected chi connectivity index (χ1v) is 6.07. The van der Waals surface area contributed by atoms with Gasteiger partial charge < -0.3 is 5.32 Å². The predicted octanol–water partition coefficient (Wildman–Crippen LogP) is 2.59. The fourth-order valence-corrected chi connectivity index (χ4v) is 2.29. The summed E-state index contributed by atoms with van der Waals surface area (Å²) in [6.07, 6.45) is 6.62. The molecule has 14 heavy (non-hydrogen) atoms. The van der Waals surface area contributed by atoms with E-state index in [-0.39, 0.29) is 0 Å². The Labute approximate surface area is 87.2 Å². The van der Waals surface area contributed by atoms with E-state index in [1.807, 2.05) is 0 Å². The summed E-state index contributed by atoms with van der Waals surface area (Å²) >= 11 is 0. The third-order valence-corrected chi connectivity index (χ3v) is 3.31. The van der Waals surface area contributed by atoms with Gasteiger partial charge in [0.2, 0.25) is 0 Å². The van der Waals surface area contributed by atoms with E-state index in [2.05, 4.69) is 24.2 Å². The third kappa shape index (κ3) is 2.49. The van der Waals surface area contributed by atoms with E-state index in [1.165, 1.54) is 37.9 Å². The Hall–Kier alpha value is -0.530. The van der Waals surface area contributed by atoms with E-state index >= 15 is 0 Å². The van der Waals surface area contributed by atoms with Crippen LogP contribution < -0.4 is 5.32 Å². The lowest BCUT2D eigenvalue weighted by Gasteiger charge is -2.25. The zero-order chi connectivity index (χ0) is 9.97. The highest BCUT2D eigenvalue weighted by Gasteiger charge is 2.33. The average Bonchev–Trinajstić information content (AvgIpc) is 2.99. The topological polar surface area (TPSA) is 24.4 Å². The fraction of sp³-hybridized carbons (Fsp3) is 0.917. The number of nitrogens with zero attached hydrogens (tertiary/aromatic N) is 1.